The van der Waals surface area contributed by atoms with Crippen molar-refractivity contribution in [2.75, 3.05) is 56.7 Å². The normalized spacial score (nSPS) is 14.3. The van der Waals surface area contributed by atoms with E-state index in [0.29, 0.717) is 27.6 Å². The molecular formula is C23H28ClN3O4. The van der Waals surface area contributed by atoms with Crippen LogP contribution < -0.4 is 15.0 Å². The Bertz CT molecular complexity index is 942. The van der Waals surface area contributed by atoms with Crippen LogP contribution in [0.2, 0.25) is 5.02 Å². The Hall–Kier alpha value is -2.77. The molecule has 0 aliphatic carbocycles. The SMILES string of the molecule is CCOC(=O)c1ccc(N2CCN(CC)CC2)c(NC(=O)c2ccc(OC)c(Cl)c2)c1. The lowest BCUT2D eigenvalue weighted by atomic mass is 10.1. The number of carbonyl (C=O) groups is 2. The summed E-state index contributed by atoms with van der Waals surface area (Å²) in [6, 6.07) is 10.1. The van der Waals surface area contributed by atoms with Crippen LogP contribution in [0, 0.1) is 0 Å². The average molecular weight is 446 g/mol. The number of likely N-dealkylation sites (N-methyl/N-ethyl adjacent to an activating group) is 1. The lowest BCUT2D eigenvalue weighted by Gasteiger charge is -2.36. The van der Waals surface area contributed by atoms with Crippen molar-refractivity contribution in [1.82, 2.24) is 4.90 Å². The van der Waals surface area contributed by atoms with Crippen molar-refractivity contribution in [2.24, 2.45) is 0 Å². The third-order valence-corrected chi connectivity index (χ3v) is 5.63. The van der Waals surface area contributed by atoms with Gasteiger partial charge in [0.05, 0.1) is 35.7 Å². The Morgan fingerprint density at radius 3 is 2.35 bits per heavy atom. The molecule has 1 amide bonds. The van der Waals surface area contributed by atoms with E-state index in [1.54, 1.807) is 37.3 Å². The third kappa shape index (κ3) is 5.48. The van der Waals surface area contributed by atoms with Gasteiger partial charge in [0, 0.05) is 31.7 Å². The summed E-state index contributed by atoms with van der Waals surface area (Å²) in [6.45, 7) is 8.76. The van der Waals surface area contributed by atoms with Crippen molar-refractivity contribution >= 4 is 34.9 Å². The second-order valence-corrected chi connectivity index (χ2v) is 7.58. The smallest absolute Gasteiger partial charge is 0.338 e. The van der Waals surface area contributed by atoms with Crippen LogP contribution in [0.4, 0.5) is 11.4 Å². The van der Waals surface area contributed by atoms with E-state index in [2.05, 4.69) is 22.0 Å². The van der Waals surface area contributed by atoms with Gasteiger partial charge in [0.25, 0.3) is 5.91 Å². The fourth-order valence-corrected chi connectivity index (χ4v) is 3.82. The Labute approximate surface area is 187 Å². The lowest BCUT2D eigenvalue weighted by Crippen LogP contribution is -2.46. The second-order valence-electron chi connectivity index (χ2n) is 7.18. The summed E-state index contributed by atoms with van der Waals surface area (Å²) in [6.07, 6.45) is 0. The number of benzene rings is 2. The zero-order valence-electron chi connectivity index (χ0n) is 18.1. The highest BCUT2D eigenvalue weighted by atomic mass is 35.5. The third-order valence-electron chi connectivity index (χ3n) is 5.33. The average Bonchev–Trinajstić information content (AvgIpc) is 2.79. The van der Waals surface area contributed by atoms with Crippen LogP contribution >= 0.6 is 11.6 Å². The minimum Gasteiger partial charge on any atom is -0.495 e. The standard InChI is InChI=1S/C23H28ClN3O4/c1-4-26-10-12-27(13-11-26)20-8-6-17(23(29)31-5-2)15-19(20)25-22(28)16-7-9-21(30-3)18(24)14-16/h6-9,14-15H,4-5,10-13H2,1-3H3,(H,25,28). The first-order chi connectivity index (χ1) is 15.0. The topological polar surface area (TPSA) is 71.1 Å². The zero-order chi connectivity index (χ0) is 22.4. The molecule has 1 saturated heterocycles. The monoisotopic (exact) mass is 445 g/mol. The predicted octanol–water partition coefficient (Wildman–Crippen LogP) is 3.92. The lowest BCUT2D eigenvalue weighted by molar-refractivity contribution is 0.0526. The van der Waals surface area contributed by atoms with Crippen LogP contribution in [-0.2, 0) is 4.74 Å². The fourth-order valence-electron chi connectivity index (χ4n) is 3.56. The van der Waals surface area contributed by atoms with Crippen LogP contribution in [0.25, 0.3) is 0 Å². The molecule has 1 fully saturated rings. The minimum atomic E-state index is -0.423. The molecule has 3 rings (SSSR count). The quantitative estimate of drug-likeness (QED) is 0.651. The van der Waals surface area contributed by atoms with Crippen molar-refractivity contribution in [2.45, 2.75) is 13.8 Å². The number of carbonyl (C=O) groups excluding carboxylic acids is 2. The highest BCUT2D eigenvalue weighted by Crippen LogP contribution is 2.30. The van der Waals surface area contributed by atoms with Crippen molar-refractivity contribution in [3.63, 3.8) is 0 Å². The predicted molar refractivity (Wildman–Crippen MR) is 123 cm³/mol. The fraction of sp³-hybridized carbons (Fsp3) is 0.391. The highest BCUT2D eigenvalue weighted by molar-refractivity contribution is 6.32. The molecule has 0 bridgehead atoms. The Kier molecular flexibility index (Phi) is 7.76. The van der Waals surface area contributed by atoms with E-state index in [-0.39, 0.29) is 12.5 Å². The summed E-state index contributed by atoms with van der Waals surface area (Å²) in [5.74, 6) is -0.246. The van der Waals surface area contributed by atoms with Crippen LogP contribution in [0.15, 0.2) is 36.4 Å². The molecule has 166 valence electrons. The van der Waals surface area contributed by atoms with Crippen LogP contribution in [-0.4, -0.2) is 63.2 Å². The van der Waals surface area contributed by atoms with Crippen molar-refractivity contribution < 1.29 is 19.1 Å². The molecule has 0 unspecified atom stereocenters. The van der Waals surface area contributed by atoms with Crippen molar-refractivity contribution in [1.29, 1.82) is 0 Å². The number of amides is 1. The summed E-state index contributed by atoms with van der Waals surface area (Å²) in [7, 11) is 1.52. The first-order valence-corrected chi connectivity index (χ1v) is 10.8. The number of anilines is 2. The molecule has 31 heavy (non-hydrogen) atoms. The Morgan fingerprint density at radius 1 is 1.03 bits per heavy atom. The minimum absolute atomic E-state index is 0.283. The van der Waals surface area contributed by atoms with Gasteiger partial charge >= 0.3 is 5.97 Å². The highest BCUT2D eigenvalue weighted by Gasteiger charge is 2.21. The molecule has 1 N–H and O–H groups in total. The van der Waals surface area contributed by atoms with Crippen LogP contribution in [0.5, 0.6) is 5.75 Å². The van der Waals surface area contributed by atoms with Gasteiger partial charge in [-0.25, -0.2) is 4.79 Å². The van der Waals surface area contributed by atoms with Gasteiger partial charge in [0.15, 0.2) is 0 Å². The van der Waals surface area contributed by atoms with E-state index in [0.717, 1.165) is 38.4 Å². The Balaban J connectivity index is 1.89. The molecule has 0 saturated carbocycles. The van der Waals surface area contributed by atoms with E-state index >= 15 is 0 Å². The number of ether oxygens (including phenoxy) is 2. The molecule has 0 spiro atoms. The zero-order valence-corrected chi connectivity index (χ0v) is 18.9. The maximum Gasteiger partial charge on any atom is 0.338 e. The number of nitrogens with one attached hydrogen (secondary N) is 1. The van der Waals surface area contributed by atoms with Crippen LogP contribution in [0.3, 0.4) is 0 Å². The first-order valence-electron chi connectivity index (χ1n) is 10.4. The van der Waals surface area contributed by atoms with Gasteiger partial charge in [-0.2, -0.15) is 0 Å². The second kappa shape index (κ2) is 10.5. The summed E-state index contributed by atoms with van der Waals surface area (Å²) < 4.78 is 10.3. The van der Waals surface area contributed by atoms with Gasteiger partial charge in [0.1, 0.15) is 5.75 Å². The number of piperazine rings is 1. The van der Waals surface area contributed by atoms with E-state index < -0.39 is 5.97 Å². The number of rotatable bonds is 7. The number of esters is 1. The van der Waals surface area contributed by atoms with Gasteiger partial charge in [-0.05, 0) is 49.9 Å². The molecule has 0 radical (unpaired) electrons. The van der Waals surface area contributed by atoms with Gasteiger partial charge in [-0.1, -0.05) is 18.5 Å². The summed E-state index contributed by atoms with van der Waals surface area (Å²) in [5, 5.41) is 3.30. The number of halogens is 1. The van der Waals surface area contributed by atoms with Gasteiger partial charge in [-0.15, -0.1) is 0 Å². The maximum absolute atomic E-state index is 13.0. The van der Waals surface area contributed by atoms with Crippen molar-refractivity contribution in [3.05, 3.63) is 52.5 Å². The van der Waals surface area contributed by atoms with Crippen LogP contribution in [0.1, 0.15) is 34.6 Å². The summed E-state index contributed by atoms with van der Waals surface area (Å²) >= 11 is 6.18. The molecule has 2 aromatic carbocycles. The number of nitrogens with zero attached hydrogens (tertiary/aromatic N) is 2. The van der Waals surface area contributed by atoms with E-state index in [4.69, 9.17) is 21.1 Å². The molecule has 0 aromatic heterocycles. The molecule has 1 aliphatic heterocycles. The maximum atomic E-state index is 13.0. The molecule has 7 nitrogen and oxygen atoms in total. The summed E-state index contributed by atoms with van der Waals surface area (Å²) in [4.78, 5) is 29.8. The number of hydrogen-bond donors (Lipinski definition) is 1. The summed E-state index contributed by atoms with van der Waals surface area (Å²) in [5.41, 5.74) is 2.22. The van der Waals surface area contributed by atoms with Crippen molar-refractivity contribution in [3.8, 4) is 5.75 Å². The van der Waals surface area contributed by atoms with Gasteiger partial charge in [-0.3, -0.25) is 4.79 Å². The first kappa shape index (κ1) is 22.9. The van der Waals surface area contributed by atoms with Gasteiger partial charge in [0.2, 0.25) is 0 Å². The Morgan fingerprint density at radius 2 is 1.74 bits per heavy atom. The molecule has 2 aromatic rings. The number of hydrogen-bond acceptors (Lipinski definition) is 6. The van der Waals surface area contributed by atoms with Gasteiger partial charge < -0.3 is 24.6 Å². The molecule has 8 heteroatoms. The molecular weight excluding hydrogens is 418 g/mol. The largest absolute Gasteiger partial charge is 0.495 e. The molecule has 1 aliphatic rings. The molecule has 1 heterocycles. The van der Waals surface area contributed by atoms with E-state index in [1.165, 1.54) is 7.11 Å². The van der Waals surface area contributed by atoms with E-state index in [1.807, 2.05) is 6.07 Å². The number of methoxy groups -OCH3 is 1. The molecule has 0 atom stereocenters. The van der Waals surface area contributed by atoms with E-state index in [9.17, 15) is 9.59 Å².